The summed E-state index contributed by atoms with van der Waals surface area (Å²) in [4.78, 5) is 11.5. The van der Waals surface area contributed by atoms with Gasteiger partial charge in [-0.1, -0.05) is 17.3 Å². The summed E-state index contributed by atoms with van der Waals surface area (Å²) in [5, 5.41) is 5.06. The van der Waals surface area contributed by atoms with E-state index in [1.165, 1.54) is 16.1 Å². The molecule has 0 unspecified atom stereocenters. The molecule has 1 saturated heterocycles. The van der Waals surface area contributed by atoms with Gasteiger partial charge in [-0.25, -0.2) is 4.98 Å². The van der Waals surface area contributed by atoms with E-state index < -0.39 is 0 Å². The molecule has 0 amide bonds. The topological polar surface area (TPSA) is 55.1 Å². The molecule has 1 aliphatic rings. The molecule has 1 fully saturated rings. The number of aryl methyl sites for hydroxylation is 1. The van der Waals surface area contributed by atoms with Crippen LogP contribution in [-0.2, 0) is 6.54 Å². The van der Waals surface area contributed by atoms with Crippen molar-refractivity contribution in [1.29, 1.82) is 0 Å². The van der Waals surface area contributed by atoms with Gasteiger partial charge in [-0.2, -0.15) is 4.98 Å². The average Bonchev–Trinajstić information content (AvgIpc) is 3.18. The van der Waals surface area contributed by atoms with Crippen molar-refractivity contribution in [1.82, 2.24) is 20.0 Å². The van der Waals surface area contributed by atoms with E-state index in [0.29, 0.717) is 24.3 Å². The Kier molecular flexibility index (Phi) is 3.20. The normalized spacial score (nSPS) is 19.6. The van der Waals surface area contributed by atoms with Crippen LogP contribution in [0.15, 0.2) is 28.8 Å². The number of benzene rings is 1. The van der Waals surface area contributed by atoms with Gasteiger partial charge in [0.25, 0.3) is 0 Å². The molecule has 0 N–H and O–H groups in total. The maximum atomic E-state index is 5.25. The minimum atomic E-state index is 0.370. The van der Waals surface area contributed by atoms with E-state index in [1.807, 2.05) is 13.0 Å². The van der Waals surface area contributed by atoms with Crippen LogP contribution < -0.4 is 0 Å². The van der Waals surface area contributed by atoms with Gasteiger partial charge in [0.15, 0.2) is 5.82 Å². The lowest BCUT2D eigenvalue weighted by molar-refractivity contribution is 0.212. The Morgan fingerprint density at radius 3 is 3.05 bits per heavy atom. The standard InChI is InChI=1S/C15H16N4OS/c1-10-16-14(20-18-10)9-19-8-4-6-12(19)15-17-11-5-2-3-7-13(11)21-15/h2-3,5,7,12H,4,6,8-9H2,1H3/t12-/m0/s1. The third-order valence-electron chi connectivity index (χ3n) is 3.87. The summed E-state index contributed by atoms with van der Waals surface area (Å²) in [7, 11) is 0. The predicted molar refractivity (Wildman–Crippen MR) is 81.0 cm³/mol. The molecule has 5 nitrogen and oxygen atoms in total. The van der Waals surface area contributed by atoms with Crippen molar-refractivity contribution >= 4 is 21.6 Å². The van der Waals surface area contributed by atoms with Crippen LogP contribution in [-0.4, -0.2) is 26.6 Å². The number of para-hydroxylation sites is 1. The monoisotopic (exact) mass is 300 g/mol. The minimum absolute atomic E-state index is 0.370. The molecule has 21 heavy (non-hydrogen) atoms. The van der Waals surface area contributed by atoms with Gasteiger partial charge < -0.3 is 4.52 Å². The number of aromatic nitrogens is 3. The molecule has 0 saturated carbocycles. The van der Waals surface area contributed by atoms with Gasteiger partial charge in [-0.05, 0) is 38.4 Å². The predicted octanol–water partition coefficient (Wildman–Crippen LogP) is 3.32. The third-order valence-corrected chi connectivity index (χ3v) is 5.00. The zero-order valence-electron chi connectivity index (χ0n) is 11.8. The molecule has 6 heteroatoms. The molecular formula is C15H16N4OS. The lowest BCUT2D eigenvalue weighted by Crippen LogP contribution is -2.22. The molecule has 0 spiro atoms. The number of nitrogens with zero attached hydrogens (tertiary/aromatic N) is 4. The van der Waals surface area contributed by atoms with Gasteiger partial charge in [-0.3, -0.25) is 4.90 Å². The molecule has 0 aliphatic carbocycles. The van der Waals surface area contributed by atoms with E-state index in [0.717, 1.165) is 18.5 Å². The van der Waals surface area contributed by atoms with Gasteiger partial charge in [0, 0.05) is 0 Å². The summed E-state index contributed by atoms with van der Waals surface area (Å²) in [5.41, 5.74) is 1.10. The maximum absolute atomic E-state index is 5.25. The first-order valence-corrected chi connectivity index (χ1v) is 8.00. The lowest BCUT2D eigenvalue weighted by atomic mass is 10.2. The number of thiazole rings is 1. The summed E-state index contributed by atoms with van der Waals surface area (Å²) in [6, 6.07) is 8.69. The van der Waals surface area contributed by atoms with Gasteiger partial charge in [0.1, 0.15) is 5.01 Å². The minimum Gasteiger partial charge on any atom is -0.338 e. The Hall–Kier alpha value is -1.79. The van der Waals surface area contributed by atoms with Crippen LogP contribution in [0.4, 0.5) is 0 Å². The molecular weight excluding hydrogens is 284 g/mol. The zero-order valence-corrected chi connectivity index (χ0v) is 12.6. The van der Waals surface area contributed by atoms with E-state index in [9.17, 15) is 0 Å². The molecule has 1 aromatic carbocycles. The van der Waals surface area contributed by atoms with Crippen molar-refractivity contribution in [2.45, 2.75) is 32.4 Å². The van der Waals surface area contributed by atoms with Gasteiger partial charge in [-0.15, -0.1) is 11.3 Å². The zero-order chi connectivity index (χ0) is 14.2. The highest BCUT2D eigenvalue weighted by Crippen LogP contribution is 2.36. The van der Waals surface area contributed by atoms with Gasteiger partial charge in [0.05, 0.1) is 22.8 Å². The molecule has 108 valence electrons. The molecule has 1 aliphatic heterocycles. The average molecular weight is 300 g/mol. The van der Waals surface area contributed by atoms with Crippen LogP contribution in [0.1, 0.15) is 35.6 Å². The van der Waals surface area contributed by atoms with E-state index in [-0.39, 0.29) is 0 Å². The highest BCUT2D eigenvalue weighted by atomic mass is 32.1. The highest BCUT2D eigenvalue weighted by Gasteiger charge is 2.29. The van der Waals surface area contributed by atoms with Crippen LogP contribution in [0.3, 0.4) is 0 Å². The van der Waals surface area contributed by atoms with Crippen molar-refractivity contribution in [3.63, 3.8) is 0 Å². The van der Waals surface area contributed by atoms with Crippen LogP contribution in [0, 0.1) is 6.92 Å². The van der Waals surface area contributed by atoms with Crippen LogP contribution >= 0.6 is 11.3 Å². The van der Waals surface area contributed by atoms with Crippen LogP contribution in [0.25, 0.3) is 10.2 Å². The van der Waals surface area contributed by atoms with Gasteiger partial charge in [0.2, 0.25) is 5.89 Å². The second kappa shape index (κ2) is 5.20. The second-order valence-electron chi connectivity index (χ2n) is 5.38. The Balaban J connectivity index is 1.60. The van der Waals surface area contributed by atoms with Crippen molar-refractivity contribution in [3.05, 3.63) is 41.0 Å². The van der Waals surface area contributed by atoms with Gasteiger partial charge >= 0.3 is 0 Å². The lowest BCUT2D eigenvalue weighted by Gasteiger charge is -2.20. The van der Waals surface area contributed by atoms with Crippen molar-refractivity contribution in [3.8, 4) is 0 Å². The molecule has 0 bridgehead atoms. The number of rotatable bonds is 3. The second-order valence-corrected chi connectivity index (χ2v) is 6.45. The first kappa shape index (κ1) is 12.9. The first-order chi connectivity index (χ1) is 10.3. The number of hydrogen-bond donors (Lipinski definition) is 0. The van der Waals surface area contributed by atoms with E-state index >= 15 is 0 Å². The smallest absolute Gasteiger partial charge is 0.240 e. The first-order valence-electron chi connectivity index (χ1n) is 7.18. The third kappa shape index (κ3) is 2.45. The fourth-order valence-corrected chi connectivity index (χ4v) is 4.04. The Labute approximate surface area is 126 Å². The Morgan fingerprint density at radius 2 is 2.24 bits per heavy atom. The fourth-order valence-electron chi connectivity index (χ4n) is 2.91. The van der Waals surface area contributed by atoms with E-state index in [1.54, 1.807) is 11.3 Å². The summed E-state index contributed by atoms with van der Waals surface area (Å²) in [6.45, 7) is 3.62. The SMILES string of the molecule is Cc1noc(CN2CCC[C@H]2c2nc3ccccc3s2)n1. The molecule has 2 aromatic heterocycles. The van der Waals surface area contributed by atoms with Crippen LogP contribution in [0.5, 0.6) is 0 Å². The van der Waals surface area contributed by atoms with E-state index in [2.05, 4.69) is 33.2 Å². The maximum Gasteiger partial charge on any atom is 0.240 e. The summed E-state index contributed by atoms with van der Waals surface area (Å²) in [6.07, 6.45) is 2.33. The Morgan fingerprint density at radius 1 is 1.33 bits per heavy atom. The summed E-state index contributed by atoms with van der Waals surface area (Å²) in [5.74, 6) is 1.39. The van der Waals surface area contributed by atoms with E-state index in [4.69, 9.17) is 9.51 Å². The van der Waals surface area contributed by atoms with Crippen molar-refractivity contribution in [2.24, 2.45) is 0 Å². The highest BCUT2D eigenvalue weighted by molar-refractivity contribution is 7.18. The molecule has 1 atom stereocenters. The summed E-state index contributed by atoms with van der Waals surface area (Å²) < 4.78 is 6.51. The van der Waals surface area contributed by atoms with Crippen LogP contribution in [0.2, 0.25) is 0 Å². The quantitative estimate of drug-likeness (QED) is 0.742. The number of likely N-dealkylation sites (tertiary alicyclic amines) is 1. The molecule has 4 rings (SSSR count). The Bertz CT molecular complexity index is 733. The summed E-state index contributed by atoms with van der Waals surface area (Å²) >= 11 is 1.79. The number of fused-ring (bicyclic) bond motifs is 1. The largest absolute Gasteiger partial charge is 0.338 e. The van der Waals surface area contributed by atoms with Crippen molar-refractivity contribution < 1.29 is 4.52 Å². The molecule has 3 aromatic rings. The number of hydrogen-bond acceptors (Lipinski definition) is 6. The fraction of sp³-hybridized carbons (Fsp3) is 0.400. The molecule has 3 heterocycles. The van der Waals surface area contributed by atoms with Crippen molar-refractivity contribution in [2.75, 3.05) is 6.54 Å². The molecule has 0 radical (unpaired) electrons.